The van der Waals surface area contributed by atoms with E-state index in [1.54, 1.807) is 6.92 Å². The van der Waals surface area contributed by atoms with Crippen LogP contribution in [0.1, 0.15) is 6.92 Å². The molecular formula is C8H17N5O2S. The Kier molecular flexibility index (Phi) is 3.89. The number of sulfonamides is 1. The predicted octanol–water partition coefficient (Wildman–Crippen LogP) is -0.780. The van der Waals surface area contributed by atoms with Gasteiger partial charge in [-0.2, -0.15) is 5.10 Å². The fourth-order valence-electron chi connectivity index (χ4n) is 1.41. The quantitative estimate of drug-likeness (QED) is 0.633. The summed E-state index contributed by atoms with van der Waals surface area (Å²) < 4.78 is 26.2. The molecule has 0 fully saturated rings. The number of H-pyrrole nitrogens is 1. The van der Waals surface area contributed by atoms with Gasteiger partial charge in [0.15, 0.2) is 0 Å². The lowest BCUT2D eigenvalue weighted by Gasteiger charge is -2.17. The third kappa shape index (κ3) is 3.19. The van der Waals surface area contributed by atoms with Crippen molar-refractivity contribution in [1.29, 1.82) is 0 Å². The Labute approximate surface area is 95.1 Å². The summed E-state index contributed by atoms with van der Waals surface area (Å²) in [7, 11) is 0.156. The van der Waals surface area contributed by atoms with E-state index in [4.69, 9.17) is 5.73 Å². The van der Waals surface area contributed by atoms with Gasteiger partial charge in [0.2, 0.25) is 10.0 Å². The summed E-state index contributed by atoms with van der Waals surface area (Å²) in [5, 5.41) is 5.96. The van der Waals surface area contributed by atoms with E-state index < -0.39 is 10.0 Å². The third-order valence-corrected chi connectivity index (χ3v) is 3.53. The lowest BCUT2D eigenvalue weighted by atomic mass is 10.3. The second kappa shape index (κ2) is 4.81. The van der Waals surface area contributed by atoms with E-state index in [0.29, 0.717) is 6.54 Å². The van der Waals surface area contributed by atoms with Crippen LogP contribution < -0.4 is 10.5 Å². The number of likely N-dealkylation sites (N-methyl/N-ethyl adjacent to an activating group) is 1. The molecule has 7 nitrogen and oxygen atoms in total. The lowest BCUT2D eigenvalue weighted by Crippen LogP contribution is -2.39. The van der Waals surface area contributed by atoms with Gasteiger partial charge in [-0.05, 0) is 21.0 Å². The topological polar surface area (TPSA) is 104 Å². The SMILES string of the molecule is CC(CN(C)C)NS(=O)(=O)c1cn[nH]c1N. The fraction of sp³-hybridized carbons (Fsp3) is 0.625. The molecule has 1 atom stereocenters. The van der Waals surface area contributed by atoms with E-state index in [1.807, 2.05) is 19.0 Å². The second-order valence-electron chi connectivity index (χ2n) is 3.93. The van der Waals surface area contributed by atoms with E-state index in [1.165, 1.54) is 6.20 Å². The molecule has 16 heavy (non-hydrogen) atoms. The van der Waals surface area contributed by atoms with Crippen molar-refractivity contribution < 1.29 is 8.42 Å². The van der Waals surface area contributed by atoms with E-state index in [2.05, 4.69) is 14.9 Å². The molecule has 8 heteroatoms. The number of hydrogen-bond acceptors (Lipinski definition) is 5. The molecule has 4 N–H and O–H groups in total. The zero-order chi connectivity index (χ0) is 12.3. The highest BCUT2D eigenvalue weighted by molar-refractivity contribution is 7.89. The summed E-state index contributed by atoms with van der Waals surface area (Å²) >= 11 is 0. The van der Waals surface area contributed by atoms with Crippen LogP contribution in [0, 0.1) is 0 Å². The van der Waals surface area contributed by atoms with Crippen LogP contribution in [0.5, 0.6) is 0 Å². The van der Waals surface area contributed by atoms with Crippen molar-refractivity contribution in [2.75, 3.05) is 26.4 Å². The average Bonchev–Trinajstić information content (AvgIpc) is 2.48. The van der Waals surface area contributed by atoms with Gasteiger partial charge in [-0.25, -0.2) is 13.1 Å². The molecular weight excluding hydrogens is 230 g/mol. The fourth-order valence-corrected chi connectivity index (χ4v) is 2.67. The summed E-state index contributed by atoms with van der Waals surface area (Å²) in [6.45, 7) is 2.39. The molecule has 0 saturated carbocycles. The largest absolute Gasteiger partial charge is 0.383 e. The summed E-state index contributed by atoms with van der Waals surface area (Å²) in [6, 6.07) is -0.200. The highest BCUT2D eigenvalue weighted by Gasteiger charge is 2.21. The van der Waals surface area contributed by atoms with Crippen LogP contribution in [0.4, 0.5) is 5.82 Å². The molecule has 0 aromatic carbocycles. The van der Waals surface area contributed by atoms with Gasteiger partial charge in [-0.1, -0.05) is 0 Å². The Bertz CT molecular complexity index is 439. The van der Waals surface area contributed by atoms with Crippen LogP contribution in [-0.4, -0.2) is 50.2 Å². The molecule has 0 bridgehead atoms. The Morgan fingerprint density at radius 1 is 1.62 bits per heavy atom. The minimum Gasteiger partial charge on any atom is -0.383 e. The normalized spacial score (nSPS) is 14.2. The maximum absolute atomic E-state index is 11.8. The van der Waals surface area contributed by atoms with Crippen LogP contribution in [0.15, 0.2) is 11.1 Å². The number of nitrogens with zero attached hydrogens (tertiary/aromatic N) is 2. The van der Waals surface area contributed by atoms with Crippen molar-refractivity contribution in [3.05, 3.63) is 6.20 Å². The van der Waals surface area contributed by atoms with Crippen molar-refractivity contribution in [3.63, 3.8) is 0 Å². The molecule has 92 valence electrons. The Hall–Kier alpha value is -1.12. The van der Waals surface area contributed by atoms with E-state index in [9.17, 15) is 8.42 Å². The Morgan fingerprint density at radius 3 is 2.69 bits per heavy atom. The highest BCUT2D eigenvalue weighted by atomic mass is 32.2. The number of nitrogens with two attached hydrogens (primary N) is 1. The Balaban J connectivity index is 2.77. The van der Waals surface area contributed by atoms with Crippen molar-refractivity contribution in [2.45, 2.75) is 17.9 Å². The number of aromatic nitrogens is 2. The van der Waals surface area contributed by atoms with Gasteiger partial charge in [0, 0.05) is 12.6 Å². The summed E-state index contributed by atoms with van der Waals surface area (Å²) in [4.78, 5) is 1.88. The van der Waals surface area contributed by atoms with Gasteiger partial charge in [0.1, 0.15) is 10.7 Å². The monoisotopic (exact) mass is 247 g/mol. The number of aromatic amines is 1. The van der Waals surface area contributed by atoms with Crippen molar-refractivity contribution in [1.82, 2.24) is 19.8 Å². The molecule has 1 aromatic heterocycles. The average molecular weight is 247 g/mol. The lowest BCUT2D eigenvalue weighted by molar-refractivity contribution is 0.370. The van der Waals surface area contributed by atoms with Crippen molar-refractivity contribution in [3.8, 4) is 0 Å². The summed E-state index contributed by atoms with van der Waals surface area (Å²) in [5.74, 6) is 0.0459. The van der Waals surface area contributed by atoms with Gasteiger partial charge in [-0.3, -0.25) is 5.10 Å². The first-order valence-electron chi connectivity index (χ1n) is 4.79. The molecule has 0 aliphatic carbocycles. The smallest absolute Gasteiger partial charge is 0.246 e. The number of nitrogens with one attached hydrogen (secondary N) is 2. The van der Waals surface area contributed by atoms with E-state index in [0.717, 1.165) is 0 Å². The highest BCUT2D eigenvalue weighted by Crippen LogP contribution is 2.13. The maximum Gasteiger partial charge on any atom is 0.246 e. The zero-order valence-electron chi connectivity index (χ0n) is 9.56. The first-order valence-corrected chi connectivity index (χ1v) is 6.27. The van der Waals surface area contributed by atoms with Gasteiger partial charge < -0.3 is 10.6 Å². The minimum absolute atomic E-state index is 0.0156. The molecule has 0 aliphatic heterocycles. The number of nitrogen functional groups attached to an aromatic ring is 1. The van der Waals surface area contributed by atoms with Crippen molar-refractivity contribution >= 4 is 15.8 Å². The summed E-state index contributed by atoms with van der Waals surface area (Å²) in [6.07, 6.45) is 1.19. The third-order valence-electron chi connectivity index (χ3n) is 1.92. The van der Waals surface area contributed by atoms with Gasteiger partial charge in [0.05, 0.1) is 6.20 Å². The Morgan fingerprint density at radius 2 is 2.25 bits per heavy atom. The van der Waals surface area contributed by atoms with Crippen LogP contribution in [-0.2, 0) is 10.0 Å². The van der Waals surface area contributed by atoms with Crippen molar-refractivity contribution in [2.24, 2.45) is 0 Å². The van der Waals surface area contributed by atoms with Crippen LogP contribution >= 0.6 is 0 Å². The zero-order valence-corrected chi connectivity index (χ0v) is 10.4. The number of rotatable bonds is 5. The molecule has 0 spiro atoms. The van der Waals surface area contributed by atoms with Gasteiger partial charge in [-0.15, -0.1) is 0 Å². The molecule has 1 unspecified atom stereocenters. The molecule has 0 amide bonds. The molecule has 1 aromatic rings. The molecule has 0 aliphatic rings. The first kappa shape index (κ1) is 12.9. The van der Waals surface area contributed by atoms with Crippen LogP contribution in [0.2, 0.25) is 0 Å². The van der Waals surface area contributed by atoms with Crippen LogP contribution in [0.25, 0.3) is 0 Å². The molecule has 1 heterocycles. The van der Waals surface area contributed by atoms with Gasteiger partial charge >= 0.3 is 0 Å². The minimum atomic E-state index is -3.59. The second-order valence-corrected chi connectivity index (χ2v) is 5.61. The van der Waals surface area contributed by atoms with Gasteiger partial charge in [0.25, 0.3) is 0 Å². The van der Waals surface area contributed by atoms with E-state index >= 15 is 0 Å². The van der Waals surface area contributed by atoms with E-state index in [-0.39, 0.29) is 16.8 Å². The molecule has 1 rings (SSSR count). The van der Waals surface area contributed by atoms with Crippen LogP contribution in [0.3, 0.4) is 0 Å². The number of hydrogen-bond donors (Lipinski definition) is 3. The predicted molar refractivity (Wildman–Crippen MR) is 61.3 cm³/mol. The first-order chi connectivity index (χ1) is 7.33. The standard InChI is InChI=1S/C8H17N5O2S/c1-6(5-13(2)3)12-16(14,15)7-4-10-11-8(7)9/h4,6,12H,5H2,1-3H3,(H3,9,10,11). The summed E-state index contributed by atoms with van der Waals surface area (Å²) in [5.41, 5.74) is 5.46. The molecule has 0 saturated heterocycles. The maximum atomic E-state index is 11.8. The molecule has 0 radical (unpaired) electrons. The number of anilines is 1.